The van der Waals surface area contributed by atoms with Crippen molar-refractivity contribution in [3.05, 3.63) is 89.7 Å². The van der Waals surface area contributed by atoms with Crippen LogP contribution in [0.25, 0.3) is 17.1 Å². The van der Waals surface area contributed by atoms with Gasteiger partial charge in [0.05, 0.1) is 11.4 Å². The lowest BCUT2D eigenvalue weighted by molar-refractivity contribution is -0.127. The lowest BCUT2D eigenvalue weighted by Gasteiger charge is -2.19. The molecule has 2 aromatic carbocycles. The lowest BCUT2D eigenvalue weighted by atomic mass is 10.0. The van der Waals surface area contributed by atoms with Gasteiger partial charge in [-0.2, -0.15) is 0 Å². The number of aromatic nitrogens is 4. The first-order valence-corrected chi connectivity index (χ1v) is 12.5. The van der Waals surface area contributed by atoms with E-state index in [-0.39, 0.29) is 11.7 Å². The molecule has 0 aliphatic rings. The molecule has 0 aliphatic heterocycles. The third-order valence-corrected chi connectivity index (χ3v) is 6.67. The van der Waals surface area contributed by atoms with Gasteiger partial charge in [0.2, 0.25) is 5.91 Å². The van der Waals surface area contributed by atoms with E-state index in [1.165, 1.54) is 22.9 Å². The fourth-order valence-electron chi connectivity index (χ4n) is 3.93. The summed E-state index contributed by atoms with van der Waals surface area (Å²) in [5.41, 5.74) is 5.54. The minimum Gasteiger partial charge on any atom is -0.341 e. The van der Waals surface area contributed by atoms with Crippen molar-refractivity contribution in [2.75, 3.05) is 12.8 Å². The van der Waals surface area contributed by atoms with Crippen molar-refractivity contribution < 1.29 is 4.79 Å². The molecule has 34 heavy (non-hydrogen) atoms. The van der Waals surface area contributed by atoms with Crippen LogP contribution < -0.4 is 0 Å². The highest BCUT2D eigenvalue weighted by atomic mass is 32.2. The summed E-state index contributed by atoms with van der Waals surface area (Å²) in [5, 5.41) is 9.75. The Morgan fingerprint density at radius 2 is 1.68 bits per heavy atom. The maximum atomic E-state index is 12.9. The molecule has 0 saturated carbocycles. The highest BCUT2D eigenvalue weighted by Gasteiger charge is 2.22. The van der Waals surface area contributed by atoms with Gasteiger partial charge >= 0.3 is 0 Å². The number of thioether (sulfide) groups is 1. The number of para-hydroxylation sites is 1. The fourth-order valence-corrected chi connectivity index (χ4v) is 4.81. The molecule has 2 aromatic heterocycles. The van der Waals surface area contributed by atoms with E-state index in [0.29, 0.717) is 11.7 Å². The van der Waals surface area contributed by atoms with Gasteiger partial charge in [0.25, 0.3) is 0 Å². The zero-order chi connectivity index (χ0) is 23.9. The Labute approximate surface area is 205 Å². The van der Waals surface area contributed by atoms with Crippen LogP contribution in [0.15, 0.2) is 78.2 Å². The van der Waals surface area contributed by atoms with Gasteiger partial charge < -0.3 is 4.90 Å². The monoisotopic (exact) mass is 471 g/mol. The molecule has 0 N–H and O–H groups in total. The van der Waals surface area contributed by atoms with Crippen LogP contribution in [0.4, 0.5) is 0 Å². The van der Waals surface area contributed by atoms with E-state index in [9.17, 15) is 4.79 Å². The second kappa shape index (κ2) is 11.1. The molecule has 174 valence electrons. The molecule has 0 radical (unpaired) electrons. The summed E-state index contributed by atoms with van der Waals surface area (Å²) in [4.78, 5) is 19.0. The van der Waals surface area contributed by atoms with E-state index in [4.69, 9.17) is 0 Å². The zero-order valence-corrected chi connectivity index (χ0v) is 20.6. The molecule has 4 rings (SSSR count). The standard InChI is InChI=1S/C27H29N5OS/c1-4-21-13-9-14-22(5-2)25(21)32-26(23-15-10-16-28-17-23)29-30-27(32)34-19-24(33)31(3)18-20-11-7-6-8-12-20/h6-17H,4-5,18-19H2,1-3H3. The van der Waals surface area contributed by atoms with Crippen LogP contribution in [0.1, 0.15) is 30.5 Å². The SMILES string of the molecule is CCc1cccc(CC)c1-n1c(SCC(=O)N(C)Cc2ccccc2)nnc1-c1cccnc1. The Morgan fingerprint density at radius 1 is 0.941 bits per heavy atom. The van der Waals surface area contributed by atoms with Gasteiger partial charge in [-0.05, 0) is 41.7 Å². The molecule has 7 heteroatoms. The summed E-state index contributed by atoms with van der Waals surface area (Å²) in [6.07, 6.45) is 5.32. The van der Waals surface area contributed by atoms with Gasteiger partial charge in [0.15, 0.2) is 11.0 Å². The van der Waals surface area contributed by atoms with Gasteiger partial charge in [0, 0.05) is 31.5 Å². The predicted octanol–water partition coefficient (Wildman–Crippen LogP) is 5.20. The minimum absolute atomic E-state index is 0.0471. The Balaban J connectivity index is 1.66. The maximum Gasteiger partial charge on any atom is 0.233 e. The van der Waals surface area contributed by atoms with E-state index in [1.807, 2.05) is 49.5 Å². The van der Waals surface area contributed by atoms with Gasteiger partial charge in [-0.1, -0.05) is 74.1 Å². The zero-order valence-electron chi connectivity index (χ0n) is 19.8. The van der Waals surface area contributed by atoms with Crippen molar-refractivity contribution in [3.8, 4) is 17.1 Å². The third kappa shape index (κ3) is 5.20. The van der Waals surface area contributed by atoms with Crippen molar-refractivity contribution in [2.24, 2.45) is 0 Å². The van der Waals surface area contributed by atoms with Gasteiger partial charge in [0.1, 0.15) is 0 Å². The first-order chi connectivity index (χ1) is 16.6. The number of rotatable bonds is 9. The number of benzene rings is 2. The van der Waals surface area contributed by atoms with Crippen LogP contribution in [0.3, 0.4) is 0 Å². The average Bonchev–Trinajstić information content (AvgIpc) is 3.31. The second-order valence-electron chi connectivity index (χ2n) is 8.04. The molecule has 0 atom stereocenters. The lowest BCUT2D eigenvalue weighted by Crippen LogP contribution is -2.27. The van der Waals surface area contributed by atoms with Crippen LogP contribution in [-0.4, -0.2) is 43.4 Å². The highest BCUT2D eigenvalue weighted by Crippen LogP contribution is 2.32. The van der Waals surface area contributed by atoms with Crippen molar-refractivity contribution in [1.29, 1.82) is 0 Å². The van der Waals surface area contributed by atoms with E-state index in [2.05, 4.69) is 51.8 Å². The summed E-state index contributed by atoms with van der Waals surface area (Å²) in [5.74, 6) is 1.06. The number of aryl methyl sites for hydroxylation is 2. The molecule has 1 amide bonds. The van der Waals surface area contributed by atoms with E-state index in [0.717, 1.165) is 35.5 Å². The van der Waals surface area contributed by atoms with Crippen molar-refractivity contribution in [3.63, 3.8) is 0 Å². The Hall–Kier alpha value is -3.45. The van der Waals surface area contributed by atoms with Crippen LogP contribution >= 0.6 is 11.8 Å². The minimum atomic E-state index is 0.0471. The molecular weight excluding hydrogens is 442 g/mol. The number of hydrogen-bond acceptors (Lipinski definition) is 5. The molecule has 0 fully saturated rings. The normalized spacial score (nSPS) is 10.9. The largest absolute Gasteiger partial charge is 0.341 e. The Bertz CT molecular complexity index is 1220. The van der Waals surface area contributed by atoms with Crippen LogP contribution in [0, 0.1) is 0 Å². The third-order valence-electron chi connectivity index (χ3n) is 5.75. The Kier molecular flexibility index (Phi) is 7.75. The summed E-state index contributed by atoms with van der Waals surface area (Å²) in [6, 6.07) is 20.3. The summed E-state index contributed by atoms with van der Waals surface area (Å²) < 4.78 is 2.10. The molecule has 0 saturated heterocycles. The van der Waals surface area contributed by atoms with Crippen LogP contribution in [0.5, 0.6) is 0 Å². The number of nitrogens with zero attached hydrogens (tertiary/aromatic N) is 5. The van der Waals surface area contributed by atoms with E-state index >= 15 is 0 Å². The molecule has 0 aliphatic carbocycles. The van der Waals surface area contributed by atoms with Gasteiger partial charge in [-0.3, -0.25) is 14.3 Å². The second-order valence-corrected chi connectivity index (χ2v) is 8.98. The molecule has 0 unspecified atom stereocenters. The molecule has 6 nitrogen and oxygen atoms in total. The van der Waals surface area contributed by atoms with Crippen molar-refractivity contribution >= 4 is 17.7 Å². The van der Waals surface area contributed by atoms with Crippen LogP contribution in [0.2, 0.25) is 0 Å². The number of carbonyl (C=O) groups excluding carboxylic acids is 1. The topological polar surface area (TPSA) is 63.9 Å². The molecule has 2 heterocycles. The Morgan fingerprint density at radius 3 is 2.32 bits per heavy atom. The first-order valence-electron chi connectivity index (χ1n) is 11.5. The van der Waals surface area contributed by atoms with Gasteiger partial charge in [-0.25, -0.2) is 0 Å². The molecule has 4 aromatic rings. The molecule has 0 bridgehead atoms. The molecular formula is C27H29N5OS. The summed E-state index contributed by atoms with van der Waals surface area (Å²) >= 11 is 1.42. The maximum absolute atomic E-state index is 12.9. The quantitative estimate of drug-likeness (QED) is 0.314. The first kappa shape index (κ1) is 23.7. The van der Waals surface area contributed by atoms with Crippen molar-refractivity contribution in [2.45, 2.75) is 38.4 Å². The number of amides is 1. The number of hydrogen-bond donors (Lipinski definition) is 0. The number of pyridine rings is 1. The average molecular weight is 472 g/mol. The van der Waals surface area contributed by atoms with Crippen LogP contribution in [-0.2, 0) is 24.2 Å². The molecule has 0 spiro atoms. The summed E-state index contributed by atoms with van der Waals surface area (Å²) in [7, 11) is 1.84. The van der Waals surface area contributed by atoms with E-state index < -0.39 is 0 Å². The fraction of sp³-hybridized carbons (Fsp3) is 0.259. The van der Waals surface area contributed by atoms with Gasteiger partial charge in [-0.15, -0.1) is 10.2 Å². The van der Waals surface area contributed by atoms with E-state index in [1.54, 1.807) is 17.3 Å². The van der Waals surface area contributed by atoms with Crippen molar-refractivity contribution in [1.82, 2.24) is 24.6 Å². The summed E-state index contributed by atoms with van der Waals surface area (Å²) in [6.45, 7) is 4.88. The number of carbonyl (C=O) groups is 1. The highest BCUT2D eigenvalue weighted by molar-refractivity contribution is 7.99. The smallest absolute Gasteiger partial charge is 0.233 e. The predicted molar refractivity (Wildman–Crippen MR) is 137 cm³/mol.